The van der Waals surface area contributed by atoms with Crippen molar-refractivity contribution in [3.63, 3.8) is 0 Å². The quantitative estimate of drug-likeness (QED) is 0.461. The SMILES string of the molecule is COc1ccc(C(=O)NC2=C[C@H](Nc3cc(C(F)(F)F)nc4ccc(Cl)cc34)CCC2)cc1. The van der Waals surface area contributed by atoms with Crippen molar-refractivity contribution in [2.45, 2.75) is 31.5 Å². The predicted molar refractivity (Wildman–Crippen MR) is 122 cm³/mol. The number of aromatic nitrogens is 1. The van der Waals surface area contributed by atoms with Crippen molar-refractivity contribution in [3.05, 3.63) is 76.6 Å². The number of alkyl halides is 3. The molecule has 0 spiro atoms. The number of pyridine rings is 1. The lowest BCUT2D eigenvalue weighted by molar-refractivity contribution is -0.140. The first-order chi connectivity index (χ1) is 15.7. The van der Waals surface area contributed by atoms with Crippen LogP contribution in [0.5, 0.6) is 5.75 Å². The Kier molecular flexibility index (Phi) is 6.47. The number of hydrogen-bond donors (Lipinski definition) is 2. The first-order valence-corrected chi connectivity index (χ1v) is 10.7. The third-order valence-electron chi connectivity index (χ3n) is 5.39. The van der Waals surface area contributed by atoms with Gasteiger partial charge in [-0.25, -0.2) is 4.98 Å². The molecule has 4 rings (SSSR count). The van der Waals surface area contributed by atoms with Crippen molar-refractivity contribution in [2.24, 2.45) is 0 Å². The maximum atomic E-state index is 13.4. The molecule has 1 aliphatic rings. The Morgan fingerprint density at radius 3 is 2.61 bits per heavy atom. The van der Waals surface area contributed by atoms with Crippen LogP contribution in [0.1, 0.15) is 35.3 Å². The fourth-order valence-electron chi connectivity index (χ4n) is 3.76. The van der Waals surface area contributed by atoms with Gasteiger partial charge in [-0.2, -0.15) is 13.2 Å². The van der Waals surface area contributed by atoms with Crippen LogP contribution in [-0.2, 0) is 6.18 Å². The lowest BCUT2D eigenvalue weighted by atomic mass is 9.99. The fourth-order valence-corrected chi connectivity index (χ4v) is 3.93. The summed E-state index contributed by atoms with van der Waals surface area (Å²) >= 11 is 6.08. The highest BCUT2D eigenvalue weighted by atomic mass is 35.5. The Balaban J connectivity index is 1.57. The Hall–Kier alpha value is -3.26. The Labute approximate surface area is 193 Å². The van der Waals surface area contributed by atoms with E-state index in [1.807, 2.05) is 6.08 Å². The van der Waals surface area contributed by atoms with Crippen LogP contribution >= 0.6 is 11.6 Å². The van der Waals surface area contributed by atoms with E-state index >= 15 is 0 Å². The van der Waals surface area contributed by atoms with Crippen LogP contribution in [0, 0.1) is 0 Å². The third-order valence-corrected chi connectivity index (χ3v) is 5.63. The van der Waals surface area contributed by atoms with Gasteiger partial charge in [-0.15, -0.1) is 0 Å². The van der Waals surface area contributed by atoms with Gasteiger partial charge in [-0.05, 0) is 73.9 Å². The minimum absolute atomic E-state index is 0.199. The zero-order chi connectivity index (χ0) is 23.6. The Morgan fingerprint density at radius 2 is 1.91 bits per heavy atom. The van der Waals surface area contributed by atoms with E-state index in [1.54, 1.807) is 37.4 Å². The van der Waals surface area contributed by atoms with Crippen molar-refractivity contribution < 1.29 is 22.7 Å². The second-order valence-electron chi connectivity index (χ2n) is 7.73. The number of ether oxygens (including phenoxy) is 1. The number of anilines is 1. The smallest absolute Gasteiger partial charge is 0.433 e. The Morgan fingerprint density at radius 1 is 1.15 bits per heavy atom. The minimum atomic E-state index is -4.58. The molecule has 0 bridgehead atoms. The van der Waals surface area contributed by atoms with Gasteiger partial charge in [0.05, 0.1) is 12.6 Å². The van der Waals surface area contributed by atoms with E-state index in [9.17, 15) is 18.0 Å². The first kappa shape index (κ1) is 22.9. The average Bonchev–Trinajstić information content (AvgIpc) is 2.79. The standard InChI is InChI=1S/C24H21ClF3N3O2/c1-33-18-8-5-14(6-9-18)23(32)30-17-4-2-3-16(12-17)29-21-13-22(24(26,27)28)31-20-10-7-15(25)11-19(20)21/h5-13,16H,2-4H2,1H3,(H,29,31)(H,30,32)/t16-/m1/s1. The van der Waals surface area contributed by atoms with E-state index in [0.717, 1.165) is 12.5 Å². The second kappa shape index (κ2) is 9.31. The molecule has 1 aromatic heterocycles. The van der Waals surface area contributed by atoms with Crippen molar-refractivity contribution in [3.8, 4) is 5.75 Å². The molecule has 1 heterocycles. The molecule has 33 heavy (non-hydrogen) atoms. The summed E-state index contributed by atoms with van der Waals surface area (Å²) in [5.41, 5.74) is 0.708. The molecule has 0 aliphatic heterocycles. The molecule has 5 nitrogen and oxygen atoms in total. The number of rotatable bonds is 5. The molecule has 3 aromatic rings. The van der Waals surface area contributed by atoms with Gasteiger partial charge in [-0.1, -0.05) is 11.6 Å². The number of halogens is 4. The van der Waals surface area contributed by atoms with Gasteiger partial charge in [0.25, 0.3) is 5.91 Å². The van der Waals surface area contributed by atoms with Crippen molar-refractivity contribution >= 4 is 34.1 Å². The van der Waals surface area contributed by atoms with Crippen LogP contribution in [-0.4, -0.2) is 24.0 Å². The number of amides is 1. The van der Waals surface area contributed by atoms with E-state index in [4.69, 9.17) is 16.3 Å². The van der Waals surface area contributed by atoms with Crippen molar-refractivity contribution in [1.29, 1.82) is 0 Å². The minimum Gasteiger partial charge on any atom is -0.497 e. The number of fused-ring (bicyclic) bond motifs is 1. The average molecular weight is 476 g/mol. The maximum Gasteiger partial charge on any atom is 0.433 e. The number of nitrogens with one attached hydrogen (secondary N) is 2. The maximum absolute atomic E-state index is 13.4. The van der Waals surface area contributed by atoms with Gasteiger partial charge < -0.3 is 15.4 Å². The topological polar surface area (TPSA) is 63.2 Å². The molecule has 2 aromatic carbocycles. The van der Waals surface area contributed by atoms with Gasteiger partial charge in [-0.3, -0.25) is 4.79 Å². The first-order valence-electron chi connectivity index (χ1n) is 10.3. The fraction of sp³-hybridized carbons (Fsp3) is 0.250. The molecule has 0 unspecified atom stereocenters. The Bertz CT molecular complexity index is 1210. The monoisotopic (exact) mass is 475 g/mol. The van der Waals surface area contributed by atoms with Crippen molar-refractivity contribution in [2.75, 3.05) is 12.4 Å². The van der Waals surface area contributed by atoms with Crippen molar-refractivity contribution in [1.82, 2.24) is 10.3 Å². The summed E-state index contributed by atoms with van der Waals surface area (Å²) in [6.45, 7) is 0. The van der Waals surface area contributed by atoms with E-state index in [-0.39, 0.29) is 17.5 Å². The molecule has 1 amide bonds. The number of hydrogen-bond acceptors (Lipinski definition) is 4. The van der Waals surface area contributed by atoms with Gasteiger partial charge in [0.2, 0.25) is 0 Å². The summed E-state index contributed by atoms with van der Waals surface area (Å²) in [5, 5.41) is 6.98. The highest BCUT2D eigenvalue weighted by Crippen LogP contribution is 2.35. The van der Waals surface area contributed by atoms with Crippen LogP contribution in [0.25, 0.3) is 10.9 Å². The molecule has 0 radical (unpaired) electrons. The predicted octanol–water partition coefficient (Wildman–Crippen LogP) is 6.19. The third kappa shape index (κ3) is 5.39. The summed E-state index contributed by atoms with van der Waals surface area (Å²) in [5.74, 6) is 0.389. The number of allylic oxidation sites excluding steroid dienone is 1. The molecule has 0 fully saturated rings. The highest BCUT2D eigenvalue weighted by molar-refractivity contribution is 6.31. The van der Waals surface area contributed by atoms with E-state index in [1.165, 1.54) is 12.1 Å². The molecule has 9 heteroatoms. The number of carbonyl (C=O) groups is 1. The lowest BCUT2D eigenvalue weighted by Crippen LogP contribution is -2.29. The van der Waals surface area contributed by atoms with E-state index < -0.39 is 11.9 Å². The van der Waals surface area contributed by atoms with Crippen LogP contribution in [0.15, 0.2) is 60.3 Å². The van der Waals surface area contributed by atoms with E-state index in [0.29, 0.717) is 45.9 Å². The molecular formula is C24H21ClF3N3O2. The zero-order valence-electron chi connectivity index (χ0n) is 17.7. The lowest BCUT2D eigenvalue weighted by Gasteiger charge is -2.24. The number of methoxy groups -OCH3 is 1. The number of carbonyl (C=O) groups excluding carboxylic acids is 1. The molecule has 0 saturated heterocycles. The van der Waals surface area contributed by atoms with Gasteiger partial charge in [0, 0.05) is 33.4 Å². The molecule has 172 valence electrons. The zero-order valence-corrected chi connectivity index (χ0v) is 18.4. The molecule has 2 N–H and O–H groups in total. The number of nitrogens with zero attached hydrogens (tertiary/aromatic N) is 1. The largest absolute Gasteiger partial charge is 0.497 e. The van der Waals surface area contributed by atoms with Crippen LogP contribution < -0.4 is 15.4 Å². The molecule has 0 saturated carbocycles. The number of benzene rings is 2. The molecular weight excluding hydrogens is 455 g/mol. The highest BCUT2D eigenvalue weighted by Gasteiger charge is 2.33. The summed E-state index contributed by atoms with van der Waals surface area (Å²) in [6, 6.07) is 12.0. The summed E-state index contributed by atoms with van der Waals surface area (Å²) in [4.78, 5) is 16.3. The van der Waals surface area contributed by atoms with Gasteiger partial charge in [0.1, 0.15) is 11.4 Å². The summed E-state index contributed by atoms with van der Waals surface area (Å²) < 4.78 is 45.3. The molecule has 1 aliphatic carbocycles. The van der Waals surface area contributed by atoms with E-state index in [2.05, 4.69) is 15.6 Å². The van der Waals surface area contributed by atoms with Crippen LogP contribution in [0.3, 0.4) is 0 Å². The van der Waals surface area contributed by atoms with Gasteiger partial charge in [0.15, 0.2) is 0 Å². The summed E-state index contributed by atoms with van der Waals surface area (Å²) in [6.07, 6.45) is -0.605. The molecule has 1 atom stereocenters. The second-order valence-corrected chi connectivity index (χ2v) is 8.17. The summed E-state index contributed by atoms with van der Waals surface area (Å²) in [7, 11) is 1.55. The normalized spacial score (nSPS) is 16.3. The van der Waals surface area contributed by atoms with Crippen LogP contribution in [0.4, 0.5) is 18.9 Å². The van der Waals surface area contributed by atoms with Crippen LogP contribution in [0.2, 0.25) is 5.02 Å². The van der Waals surface area contributed by atoms with Gasteiger partial charge >= 0.3 is 6.18 Å².